The van der Waals surface area contributed by atoms with E-state index in [1.54, 1.807) is 30.5 Å². The fourth-order valence-electron chi connectivity index (χ4n) is 7.74. The van der Waals surface area contributed by atoms with Crippen LogP contribution in [0.15, 0.2) is 86.9 Å². The lowest BCUT2D eigenvalue weighted by Crippen LogP contribution is -2.42. The van der Waals surface area contributed by atoms with Crippen LogP contribution in [0.1, 0.15) is 59.1 Å². The summed E-state index contributed by atoms with van der Waals surface area (Å²) >= 11 is 2.69. The monoisotopic (exact) mass is 782 g/mol. The van der Waals surface area contributed by atoms with Gasteiger partial charge in [-0.25, -0.2) is 9.48 Å². The highest BCUT2D eigenvalue weighted by atomic mass is 32.1. The summed E-state index contributed by atoms with van der Waals surface area (Å²) in [7, 11) is 2.13. The molecule has 0 unspecified atom stereocenters. The zero-order chi connectivity index (χ0) is 38.1. The zero-order valence-electron chi connectivity index (χ0n) is 30.2. The molecule has 0 amide bonds. The molecule has 1 fully saturated rings. The smallest absolute Gasteiger partial charge is 0.349 e. The number of benzene rings is 2. The number of aliphatic hydroxyl groups excluding tert-OH is 1. The highest BCUT2D eigenvalue weighted by molar-refractivity contribution is 7.12. The van der Waals surface area contributed by atoms with Gasteiger partial charge in [0.05, 0.1) is 27.6 Å². The molecule has 55 heavy (non-hydrogen) atoms. The van der Waals surface area contributed by atoms with Crippen molar-refractivity contribution in [1.29, 1.82) is 0 Å². The summed E-state index contributed by atoms with van der Waals surface area (Å²) in [6.07, 6.45) is 4.65. The molecule has 1 saturated carbocycles. The normalized spacial score (nSPS) is 17.1. The second-order valence-electron chi connectivity index (χ2n) is 14.1. The van der Waals surface area contributed by atoms with Crippen LogP contribution in [0.3, 0.4) is 0 Å². The largest absolute Gasteiger partial charge is 0.506 e. The number of hydrogen-bond acceptors (Lipinski definition) is 13. The van der Waals surface area contributed by atoms with Crippen LogP contribution in [0.5, 0.6) is 5.75 Å². The number of phenolic OH excluding ortho intramolecular Hbond substituents is 1. The van der Waals surface area contributed by atoms with Crippen LogP contribution in [0, 0.1) is 0 Å². The van der Waals surface area contributed by atoms with E-state index in [4.69, 9.17) is 9.15 Å². The standard InChI is InChI=1S/C40H42N6O7S2/c1-45(25-7-9-26(10-8-25)53-39(50)40(51,33-5-2-19-54-33)34-6-3-20-55-34)16-4-17-46-37-30(43-44-46)21-24(27-15-18-52-38(27)37)22-41-23-32(48)28-11-13-31(47)36-29(28)12-14-35(49)42-36/h2-3,5-6,11-15,18-21,25-26,32,41,47-48,51H,4,7-10,16-17,22-23H2,1H3,(H,42,49)/t25-,26-,32-/m0/s1. The van der Waals surface area contributed by atoms with Gasteiger partial charge in [0.2, 0.25) is 11.2 Å². The molecule has 0 aliphatic heterocycles. The van der Waals surface area contributed by atoms with Gasteiger partial charge < -0.3 is 39.7 Å². The first kappa shape index (κ1) is 37.0. The van der Waals surface area contributed by atoms with Gasteiger partial charge in [-0.2, -0.15) is 0 Å². The Hall–Kier alpha value is -4.90. The van der Waals surface area contributed by atoms with Crippen LogP contribution in [0.2, 0.25) is 0 Å². The van der Waals surface area contributed by atoms with Crippen LogP contribution in [0.25, 0.3) is 32.9 Å². The number of phenols is 1. The third-order valence-electron chi connectivity index (χ3n) is 10.7. The molecule has 1 aliphatic rings. The molecular formula is C40H42N6O7S2. The van der Waals surface area contributed by atoms with E-state index in [-0.39, 0.29) is 24.0 Å². The predicted molar refractivity (Wildman–Crippen MR) is 211 cm³/mol. The summed E-state index contributed by atoms with van der Waals surface area (Å²) in [5, 5.41) is 50.3. The number of aromatic nitrogens is 4. The number of furan rings is 1. The molecule has 1 atom stereocenters. The zero-order valence-corrected chi connectivity index (χ0v) is 31.8. The van der Waals surface area contributed by atoms with Gasteiger partial charge in [-0.1, -0.05) is 23.4 Å². The van der Waals surface area contributed by atoms with Crippen LogP contribution in [0.4, 0.5) is 0 Å². The van der Waals surface area contributed by atoms with Gasteiger partial charge in [0, 0.05) is 42.5 Å². The summed E-state index contributed by atoms with van der Waals surface area (Å²) in [6, 6.07) is 17.6. The van der Waals surface area contributed by atoms with Crippen molar-refractivity contribution < 1.29 is 29.3 Å². The van der Waals surface area contributed by atoms with Gasteiger partial charge >= 0.3 is 5.97 Å². The first-order valence-electron chi connectivity index (χ1n) is 18.4. The highest BCUT2D eigenvalue weighted by Gasteiger charge is 2.45. The van der Waals surface area contributed by atoms with Gasteiger partial charge in [0.1, 0.15) is 22.9 Å². The van der Waals surface area contributed by atoms with E-state index in [0.29, 0.717) is 50.9 Å². The average molecular weight is 783 g/mol. The van der Waals surface area contributed by atoms with Gasteiger partial charge in [-0.15, -0.1) is 27.8 Å². The molecule has 8 rings (SSSR count). The molecule has 286 valence electrons. The number of carbonyl (C=O) groups is 1. The Morgan fingerprint density at radius 2 is 1.85 bits per heavy atom. The van der Waals surface area contributed by atoms with Gasteiger partial charge in [0.15, 0.2) is 5.58 Å². The van der Waals surface area contributed by atoms with E-state index in [2.05, 4.69) is 32.6 Å². The SMILES string of the molecule is CN(CCCn1nnc2cc(CNC[C@H](O)c3ccc(O)c4[nH]c(=O)ccc34)c3ccoc3c21)[C@H]1CC[C@H](OC(=O)C(O)(c2cccs2)c2cccs2)CC1. The summed E-state index contributed by atoms with van der Waals surface area (Å²) < 4.78 is 13.8. The number of rotatable bonds is 14. The molecule has 5 aromatic heterocycles. The molecular weight excluding hydrogens is 741 g/mol. The van der Waals surface area contributed by atoms with Crippen molar-refractivity contribution in [3.63, 3.8) is 0 Å². The van der Waals surface area contributed by atoms with Crippen LogP contribution < -0.4 is 10.9 Å². The number of H-pyrrole nitrogens is 1. The van der Waals surface area contributed by atoms with Crippen LogP contribution >= 0.6 is 22.7 Å². The number of carbonyl (C=O) groups excluding carboxylic acids is 1. The molecule has 1 aliphatic carbocycles. The summed E-state index contributed by atoms with van der Waals surface area (Å²) in [4.78, 5) is 31.4. The molecule has 13 nitrogen and oxygen atoms in total. The number of ether oxygens (including phenoxy) is 1. The van der Waals surface area contributed by atoms with Crippen molar-refractivity contribution in [3.05, 3.63) is 109 Å². The number of esters is 1. The Kier molecular flexibility index (Phi) is 10.6. The van der Waals surface area contributed by atoms with Crippen molar-refractivity contribution >= 4 is 61.5 Å². The number of aromatic amines is 1. The van der Waals surface area contributed by atoms with Crippen molar-refractivity contribution in [2.24, 2.45) is 0 Å². The van der Waals surface area contributed by atoms with Gasteiger partial charge in [-0.3, -0.25) is 4.79 Å². The van der Waals surface area contributed by atoms with E-state index in [9.17, 15) is 24.9 Å². The predicted octanol–water partition coefficient (Wildman–Crippen LogP) is 5.78. The maximum atomic E-state index is 13.4. The first-order valence-corrected chi connectivity index (χ1v) is 20.1. The molecule has 5 N–H and O–H groups in total. The molecule has 7 aromatic rings. The minimum atomic E-state index is -1.79. The lowest BCUT2D eigenvalue weighted by atomic mass is 9.91. The van der Waals surface area contributed by atoms with Crippen molar-refractivity contribution in [2.75, 3.05) is 20.1 Å². The maximum Gasteiger partial charge on any atom is 0.349 e. The van der Waals surface area contributed by atoms with E-state index in [0.717, 1.165) is 60.6 Å². The molecule has 0 bridgehead atoms. The lowest BCUT2D eigenvalue weighted by molar-refractivity contribution is -0.169. The number of nitrogens with one attached hydrogen (secondary N) is 2. The third-order valence-corrected chi connectivity index (χ3v) is 12.6. The summed E-state index contributed by atoms with van der Waals surface area (Å²) in [5.41, 5.74) is 1.99. The number of nitrogens with zero attached hydrogens (tertiary/aromatic N) is 4. The Balaban J connectivity index is 0.847. The third kappa shape index (κ3) is 7.31. The number of aryl methyl sites for hydroxylation is 1. The van der Waals surface area contributed by atoms with Crippen molar-refractivity contribution in [1.82, 2.24) is 30.2 Å². The molecule has 2 aromatic carbocycles. The molecule has 0 saturated heterocycles. The Labute approximate surface area is 323 Å². The number of hydrogen-bond donors (Lipinski definition) is 5. The average Bonchev–Trinajstić information content (AvgIpc) is 4.03. The number of fused-ring (bicyclic) bond motifs is 4. The van der Waals surface area contributed by atoms with Crippen molar-refractivity contribution in [3.8, 4) is 5.75 Å². The van der Waals surface area contributed by atoms with Gasteiger partial charge in [0.25, 0.3) is 0 Å². The minimum absolute atomic E-state index is 0.0532. The fraction of sp³-hybridized carbons (Fsp3) is 0.350. The Morgan fingerprint density at radius 1 is 1.09 bits per heavy atom. The number of pyridine rings is 1. The molecule has 15 heteroatoms. The molecule has 5 heterocycles. The molecule has 0 radical (unpaired) electrons. The number of aromatic hydroxyl groups is 1. The number of thiophene rings is 2. The second-order valence-corrected chi connectivity index (χ2v) is 16.0. The van der Waals surface area contributed by atoms with E-state index in [1.165, 1.54) is 34.8 Å². The Bertz CT molecular complexity index is 2430. The van der Waals surface area contributed by atoms with Crippen LogP contribution in [-0.4, -0.2) is 78.4 Å². The molecule has 0 spiro atoms. The Morgan fingerprint density at radius 3 is 2.58 bits per heavy atom. The quantitative estimate of drug-likeness (QED) is 0.0845. The number of aliphatic hydroxyl groups is 2. The first-order chi connectivity index (χ1) is 26.7. The summed E-state index contributed by atoms with van der Waals surface area (Å²) in [5.74, 6) is -0.662. The minimum Gasteiger partial charge on any atom is -0.506 e. The lowest BCUT2D eigenvalue weighted by Gasteiger charge is -2.35. The highest BCUT2D eigenvalue weighted by Crippen LogP contribution is 2.38. The topological polar surface area (TPSA) is 179 Å². The van der Waals surface area contributed by atoms with E-state index in [1.807, 2.05) is 39.7 Å². The van der Waals surface area contributed by atoms with Crippen LogP contribution in [-0.2, 0) is 28.2 Å². The maximum absolute atomic E-state index is 13.4. The van der Waals surface area contributed by atoms with E-state index < -0.39 is 17.7 Å². The van der Waals surface area contributed by atoms with E-state index >= 15 is 0 Å². The summed E-state index contributed by atoms with van der Waals surface area (Å²) in [6.45, 7) is 2.19. The van der Waals surface area contributed by atoms with Gasteiger partial charge in [-0.05, 0) is 104 Å². The second kappa shape index (κ2) is 15.7. The van der Waals surface area contributed by atoms with Crippen molar-refractivity contribution in [2.45, 2.75) is 69.0 Å². The fourth-order valence-corrected chi connectivity index (χ4v) is 9.45.